The highest BCUT2D eigenvalue weighted by Crippen LogP contribution is 2.14. The van der Waals surface area contributed by atoms with E-state index in [1.165, 1.54) is 36.9 Å². The maximum atomic E-state index is 3.68. The van der Waals surface area contributed by atoms with Crippen molar-refractivity contribution >= 4 is 0 Å². The summed E-state index contributed by atoms with van der Waals surface area (Å²) >= 11 is 0. The highest BCUT2D eigenvalue weighted by molar-refractivity contribution is 5.17. The predicted octanol–water partition coefficient (Wildman–Crippen LogP) is 3.83. The standard InChI is InChI=1S/C20H26N2/c1-3-9-18(10-4-1)15-22(16-19-11-5-2-6-12-19)17-20-13-7-8-14-21-20/h1-6,9-12,20-21H,7-8,13-17H2/t20-/m1/s1. The maximum Gasteiger partial charge on any atom is 0.0237 e. The Kier molecular flexibility index (Phi) is 5.63. The third-order valence-corrected chi connectivity index (χ3v) is 4.39. The first-order chi connectivity index (χ1) is 10.9. The topological polar surface area (TPSA) is 15.3 Å². The van der Waals surface area contributed by atoms with Crippen LogP contribution in [0.4, 0.5) is 0 Å². The molecule has 22 heavy (non-hydrogen) atoms. The smallest absolute Gasteiger partial charge is 0.0237 e. The minimum absolute atomic E-state index is 0.640. The Labute approximate surface area is 134 Å². The van der Waals surface area contributed by atoms with Gasteiger partial charge in [0.05, 0.1) is 0 Å². The molecular formula is C20H26N2. The van der Waals surface area contributed by atoms with E-state index >= 15 is 0 Å². The first-order valence-electron chi connectivity index (χ1n) is 8.44. The number of benzene rings is 2. The largest absolute Gasteiger partial charge is 0.313 e. The molecule has 2 heteroatoms. The summed E-state index contributed by atoms with van der Waals surface area (Å²) in [6, 6.07) is 22.3. The first-order valence-corrected chi connectivity index (χ1v) is 8.44. The van der Waals surface area contributed by atoms with E-state index in [0.29, 0.717) is 6.04 Å². The van der Waals surface area contributed by atoms with E-state index in [2.05, 4.69) is 70.9 Å². The summed E-state index contributed by atoms with van der Waals surface area (Å²) < 4.78 is 0. The fourth-order valence-corrected chi connectivity index (χ4v) is 3.26. The second-order valence-corrected chi connectivity index (χ2v) is 6.29. The average molecular weight is 294 g/mol. The maximum absolute atomic E-state index is 3.68. The van der Waals surface area contributed by atoms with Gasteiger partial charge in [0.15, 0.2) is 0 Å². The van der Waals surface area contributed by atoms with E-state index in [-0.39, 0.29) is 0 Å². The molecule has 1 fully saturated rings. The highest BCUT2D eigenvalue weighted by atomic mass is 15.1. The lowest BCUT2D eigenvalue weighted by Crippen LogP contribution is -2.43. The molecule has 116 valence electrons. The molecule has 1 saturated heterocycles. The minimum atomic E-state index is 0.640. The Morgan fingerprint density at radius 1 is 0.818 bits per heavy atom. The monoisotopic (exact) mass is 294 g/mol. The van der Waals surface area contributed by atoms with E-state index in [0.717, 1.165) is 19.6 Å². The molecule has 2 aromatic rings. The zero-order chi connectivity index (χ0) is 15.0. The van der Waals surface area contributed by atoms with Gasteiger partial charge in [0, 0.05) is 25.7 Å². The first kappa shape index (κ1) is 15.3. The molecule has 3 rings (SSSR count). The van der Waals surface area contributed by atoms with Gasteiger partial charge >= 0.3 is 0 Å². The predicted molar refractivity (Wildman–Crippen MR) is 92.6 cm³/mol. The van der Waals surface area contributed by atoms with Gasteiger partial charge in [-0.2, -0.15) is 0 Å². The molecular weight excluding hydrogens is 268 g/mol. The molecule has 1 aliphatic rings. The van der Waals surface area contributed by atoms with Crippen LogP contribution in [0, 0.1) is 0 Å². The van der Waals surface area contributed by atoms with Crippen molar-refractivity contribution in [1.29, 1.82) is 0 Å². The van der Waals surface area contributed by atoms with Crippen molar-refractivity contribution in [2.24, 2.45) is 0 Å². The second-order valence-electron chi connectivity index (χ2n) is 6.29. The van der Waals surface area contributed by atoms with Crippen LogP contribution < -0.4 is 5.32 Å². The molecule has 0 radical (unpaired) electrons. The van der Waals surface area contributed by atoms with Crippen LogP contribution in [0.2, 0.25) is 0 Å². The van der Waals surface area contributed by atoms with Gasteiger partial charge in [0.25, 0.3) is 0 Å². The van der Waals surface area contributed by atoms with Gasteiger partial charge in [-0.15, -0.1) is 0 Å². The molecule has 0 aromatic heterocycles. The van der Waals surface area contributed by atoms with Crippen molar-refractivity contribution in [2.75, 3.05) is 13.1 Å². The Hall–Kier alpha value is -1.64. The SMILES string of the molecule is c1ccc(CN(Cc2ccccc2)C[C@H]2CCCCN2)cc1. The molecule has 0 unspecified atom stereocenters. The zero-order valence-electron chi connectivity index (χ0n) is 13.2. The van der Waals surface area contributed by atoms with E-state index in [1.807, 2.05) is 0 Å². The Balaban J connectivity index is 1.66. The fraction of sp³-hybridized carbons (Fsp3) is 0.400. The van der Waals surface area contributed by atoms with Crippen LogP contribution in [0.25, 0.3) is 0 Å². The quantitative estimate of drug-likeness (QED) is 0.871. The van der Waals surface area contributed by atoms with Crippen molar-refractivity contribution in [1.82, 2.24) is 10.2 Å². The average Bonchev–Trinajstić information content (AvgIpc) is 2.57. The molecule has 0 saturated carbocycles. The highest BCUT2D eigenvalue weighted by Gasteiger charge is 2.17. The third-order valence-electron chi connectivity index (χ3n) is 4.39. The summed E-state index contributed by atoms with van der Waals surface area (Å²) in [5.41, 5.74) is 2.79. The summed E-state index contributed by atoms with van der Waals surface area (Å²) in [5, 5.41) is 3.68. The summed E-state index contributed by atoms with van der Waals surface area (Å²) in [4.78, 5) is 2.58. The van der Waals surface area contributed by atoms with Gasteiger partial charge in [-0.25, -0.2) is 0 Å². The van der Waals surface area contributed by atoms with Crippen molar-refractivity contribution in [3.05, 3.63) is 71.8 Å². The molecule has 0 spiro atoms. The molecule has 1 atom stereocenters. The molecule has 0 amide bonds. The van der Waals surface area contributed by atoms with Gasteiger partial charge in [0.2, 0.25) is 0 Å². The second kappa shape index (κ2) is 8.11. The van der Waals surface area contributed by atoms with Gasteiger partial charge < -0.3 is 5.32 Å². The van der Waals surface area contributed by atoms with E-state index in [9.17, 15) is 0 Å². The van der Waals surface area contributed by atoms with Crippen LogP contribution >= 0.6 is 0 Å². The van der Waals surface area contributed by atoms with Crippen molar-refractivity contribution in [3.8, 4) is 0 Å². The van der Waals surface area contributed by atoms with Crippen LogP contribution in [0.1, 0.15) is 30.4 Å². The van der Waals surface area contributed by atoms with E-state index in [1.54, 1.807) is 0 Å². The van der Waals surface area contributed by atoms with Crippen molar-refractivity contribution < 1.29 is 0 Å². The van der Waals surface area contributed by atoms with Crippen LogP contribution in [-0.4, -0.2) is 24.0 Å². The minimum Gasteiger partial charge on any atom is -0.313 e. The number of hydrogen-bond donors (Lipinski definition) is 1. The van der Waals surface area contributed by atoms with Crippen molar-refractivity contribution in [3.63, 3.8) is 0 Å². The Morgan fingerprint density at radius 3 is 1.91 bits per heavy atom. The summed E-state index contributed by atoms with van der Waals surface area (Å²) in [5.74, 6) is 0. The molecule has 2 aromatic carbocycles. The molecule has 0 aliphatic carbocycles. The number of nitrogens with zero attached hydrogens (tertiary/aromatic N) is 1. The lowest BCUT2D eigenvalue weighted by molar-refractivity contribution is 0.209. The summed E-state index contributed by atoms with van der Waals surface area (Å²) in [6.45, 7) is 4.35. The zero-order valence-corrected chi connectivity index (χ0v) is 13.2. The van der Waals surface area contributed by atoms with Crippen LogP contribution in [-0.2, 0) is 13.1 Å². The van der Waals surface area contributed by atoms with Gasteiger partial charge in [-0.05, 0) is 30.5 Å². The fourth-order valence-electron chi connectivity index (χ4n) is 3.26. The molecule has 1 aliphatic heterocycles. The van der Waals surface area contributed by atoms with E-state index < -0.39 is 0 Å². The lowest BCUT2D eigenvalue weighted by atomic mass is 10.0. The third kappa shape index (κ3) is 4.69. The van der Waals surface area contributed by atoms with Gasteiger partial charge in [-0.1, -0.05) is 67.1 Å². The Bertz CT molecular complexity index is 491. The van der Waals surface area contributed by atoms with Gasteiger partial charge in [-0.3, -0.25) is 4.90 Å². The molecule has 1 heterocycles. The molecule has 2 nitrogen and oxygen atoms in total. The number of piperidine rings is 1. The van der Waals surface area contributed by atoms with Gasteiger partial charge in [0.1, 0.15) is 0 Å². The number of rotatable bonds is 6. The van der Waals surface area contributed by atoms with Crippen LogP contribution in [0.5, 0.6) is 0 Å². The Morgan fingerprint density at radius 2 is 1.41 bits per heavy atom. The van der Waals surface area contributed by atoms with Crippen LogP contribution in [0.3, 0.4) is 0 Å². The van der Waals surface area contributed by atoms with Crippen molar-refractivity contribution in [2.45, 2.75) is 38.4 Å². The lowest BCUT2D eigenvalue weighted by Gasteiger charge is -2.30. The summed E-state index contributed by atoms with van der Waals surface area (Å²) in [6.07, 6.45) is 4.00. The molecule has 0 bridgehead atoms. The normalized spacial score (nSPS) is 18.5. The summed E-state index contributed by atoms with van der Waals surface area (Å²) in [7, 11) is 0. The van der Waals surface area contributed by atoms with E-state index in [4.69, 9.17) is 0 Å². The number of nitrogens with one attached hydrogen (secondary N) is 1. The molecule has 1 N–H and O–H groups in total. The number of hydrogen-bond acceptors (Lipinski definition) is 2. The van der Waals surface area contributed by atoms with Crippen LogP contribution in [0.15, 0.2) is 60.7 Å².